The molecular weight excluding hydrogens is 184 g/mol. The van der Waals surface area contributed by atoms with E-state index in [0.29, 0.717) is 0 Å². The van der Waals surface area contributed by atoms with Gasteiger partial charge in [-0.25, -0.2) is 0 Å². The van der Waals surface area contributed by atoms with Crippen LogP contribution in [0.2, 0.25) is 0 Å². The van der Waals surface area contributed by atoms with Gasteiger partial charge in [-0.3, -0.25) is 0 Å². The molecule has 1 aromatic rings. The molecule has 1 aromatic carbocycles. The Labute approximate surface area is 89.4 Å². The van der Waals surface area contributed by atoms with Crippen molar-refractivity contribution in [1.82, 2.24) is 0 Å². The summed E-state index contributed by atoms with van der Waals surface area (Å²) in [5.41, 5.74) is 2.21. The molecule has 2 aliphatic rings. The molecule has 0 amide bonds. The quantitative estimate of drug-likeness (QED) is 0.521. The molecule has 3 rings (SSSR count). The van der Waals surface area contributed by atoms with E-state index in [-0.39, 0.29) is 11.7 Å². The van der Waals surface area contributed by atoms with Crippen LogP contribution in [0.1, 0.15) is 17.2 Å². The standard InChI is InChI=1S/C14H12O/c1-2-3-9-14-10-8-13(15-14)11-6-4-5-7-12(11)14/h2-10,13H,1H2/b9-3+. The largest absolute Gasteiger partial charge is 0.350 e. The van der Waals surface area contributed by atoms with E-state index in [1.807, 2.05) is 6.08 Å². The van der Waals surface area contributed by atoms with Crippen LogP contribution in [0.4, 0.5) is 0 Å². The Morgan fingerprint density at radius 3 is 3.07 bits per heavy atom. The Morgan fingerprint density at radius 1 is 1.33 bits per heavy atom. The van der Waals surface area contributed by atoms with Crippen LogP contribution in [0.5, 0.6) is 0 Å². The van der Waals surface area contributed by atoms with Gasteiger partial charge in [0.25, 0.3) is 0 Å². The SMILES string of the molecule is C=C/C=C/C12C=CC(O1)c1ccccc12. The lowest BCUT2D eigenvalue weighted by molar-refractivity contribution is 0.0326. The van der Waals surface area contributed by atoms with Crippen molar-refractivity contribution in [2.45, 2.75) is 11.7 Å². The van der Waals surface area contributed by atoms with Crippen molar-refractivity contribution in [3.63, 3.8) is 0 Å². The zero-order valence-corrected chi connectivity index (χ0v) is 8.39. The van der Waals surface area contributed by atoms with Gasteiger partial charge in [-0.05, 0) is 23.3 Å². The third-order valence-corrected chi connectivity index (χ3v) is 3.01. The summed E-state index contributed by atoms with van der Waals surface area (Å²) in [6.45, 7) is 3.69. The van der Waals surface area contributed by atoms with Crippen molar-refractivity contribution in [1.29, 1.82) is 0 Å². The van der Waals surface area contributed by atoms with Crippen LogP contribution < -0.4 is 0 Å². The van der Waals surface area contributed by atoms with Crippen molar-refractivity contribution < 1.29 is 4.74 Å². The number of rotatable bonds is 2. The van der Waals surface area contributed by atoms with Gasteiger partial charge < -0.3 is 4.74 Å². The first-order valence-corrected chi connectivity index (χ1v) is 5.12. The van der Waals surface area contributed by atoms with E-state index in [1.54, 1.807) is 6.08 Å². The van der Waals surface area contributed by atoms with Gasteiger partial charge in [-0.1, -0.05) is 49.1 Å². The molecule has 0 radical (unpaired) electrons. The molecule has 1 heteroatoms. The number of hydrogen-bond acceptors (Lipinski definition) is 1. The fraction of sp³-hybridized carbons (Fsp3) is 0.143. The van der Waals surface area contributed by atoms with Gasteiger partial charge in [-0.2, -0.15) is 0 Å². The summed E-state index contributed by atoms with van der Waals surface area (Å²) in [5, 5.41) is 0. The second-order valence-corrected chi connectivity index (χ2v) is 3.87. The minimum Gasteiger partial charge on any atom is -0.350 e. The maximum Gasteiger partial charge on any atom is 0.132 e. The van der Waals surface area contributed by atoms with Gasteiger partial charge in [-0.15, -0.1) is 0 Å². The van der Waals surface area contributed by atoms with Crippen molar-refractivity contribution in [2.24, 2.45) is 0 Å². The summed E-state index contributed by atoms with van der Waals surface area (Å²) in [4.78, 5) is 0. The van der Waals surface area contributed by atoms with Gasteiger partial charge >= 0.3 is 0 Å². The Morgan fingerprint density at radius 2 is 2.20 bits per heavy atom. The molecule has 0 saturated carbocycles. The van der Waals surface area contributed by atoms with E-state index < -0.39 is 0 Å². The van der Waals surface area contributed by atoms with Crippen LogP contribution in [-0.4, -0.2) is 0 Å². The molecule has 2 heterocycles. The lowest BCUT2D eigenvalue weighted by atomic mass is 9.87. The maximum atomic E-state index is 5.99. The third-order valence-electron chi connectivity index (χ3n) is 3.01. The smallest absolute Gasteiger partial charge is 0.132 e. The second-order valence-electron chi connectivity index (χ2n) is 3.87. The molecule has 1 nitrogen and oxygen atoms in total. The van der Waals surface area contributed by atoms with Crippen molar-refractivity contribution in [3.8, 4) is 0 Å². The third kappa shape index (κ3) is 1.07. The molecule has 0 fully saturated rings. The van der Waals surface area contributed by atoms with Crippen LogP contribution in [0, 0.1) is 0 Å². The highest BCUT2D eigenvalue weighted by molar-refractivity contribution is 5.50. The van der Waals surface area contributed by atoms with Crippen LogP contribution >= 0.6 is 0 Å². The molecule has 0 saturated heterocycles. The van der Waals surface area contributed by atoms with Crippen LogP contribution in [0.3, 0.4) is 0 Å². The van der Waals surface area contributed by atoms with E-state index in [2.05, 4.69) is 49.1 Å². The fourth-order valence-corrected chi connectivity index (χ4v) is 2.34. The number of benzene rings is 1. The van der Waals surface area contributed by atoms with E-state index in [1.165, 1.54) is 11.1 Å². The fourth-order valence-electron chi connectivity index (χ4n) is 2.34. The first kappa shape index (κ1) is 8.69. The molecule has 2 unspecified atom stereocenters. The highest BCUT2D eigenvalue weighted by Crippen LogP contribution is 2.50. The van der Waals surface area contributed by atoms with Crippen molar-refractivity contribution >= 4 is 0 Å². The van der Waals surface area contributed by atoms with E-state index >= 15 is 0 Å². The molecule has 0 aliphatic carbocycles. The zero-order chi connectivity index (χ0) is 10.3. The summed E-state index contributed by atoms with van der Waals surface area (Å²) in [6, 6.07) is 8.38. The molecular formula is C14H12O. The Hall–Kier alpha value is -1.60. The number of ether oxygens (including phenoxy) is 1. The van der Waals surface area contributed by atoms with Crippen LogP contribution in [0.25, 0.3) is 0 Å². The van der Waals surface area contributed by atoms with E-state index in [0.717, 1.165) is 0 Å². The normalized spacial score (nSPS) is 31.1. The summed E-state index contributed by atoms with van der Waals surface area (Å²) < 4.78 is 5.99. The van der Waals surface area contributed by atoms with Gasteiger partial charge in [0.2, 0.25) is 0 Å². The molecule has 0 spiro atoms. The van der Waals surface area contributed by atoms with Gasteiger partial charge in [0, 0.05) is 0 Å². The summed E-state index contributed by atoms with van der Waals surface area (Å²) >= 11 is 0. The zero-order valence-electron chi connectivity index (χ0n) is 8.39. The average molecular weight is 196 g/mol. The minimum atomic E-state index is -0.338. The lowest BCUT2D eigenvalue weighted by Gasteiger charge is -2.19. The topological polar surface area (TPSA) is 9.23 Å². The Balaban J connectivity index is 2.16. The molecule has 15 heavy (non-hydrogen) atoms. The summed E-state index contributed by atoms with van der Waals surface area (Å²) in [7, 11) is 0. The number of fused-ring (bicyclic) bond motifs is 5. The van der Waals surface area contributed by atoms with Crippen molar-refractivity contribution in [3.05, 3.63) is 72.4 Å². The van der Waals surface area contributed by atoms with Crippen LogP contribution in [0.15, 0.2) is 61.2 Å². The highest BCUT2D eigenvalue weighted by atomic mass is 16.5. The monoisotopic (exact) mass is 196 g/mol. The second kappa shape index (κ2) is 2.94. The van der Waals surface area contributed by atoms with Crippen LogP contribution in [-0.2, 0) is 10.3 Å². The Kier molecular flexibility index (Phi) is 1.70. The predicted molar refractivity (Wildman–Crippen MR) is 60.4 cm³/mol. The molecule has 0 aromatic heterocycles. The van der Waals surface area contributed by atoms with Crippen molar-refractivity contribution in [2.75, 3.05) is 0 Å². The first-order chi connectivity index (χ1) is 7.36. The number of allylic oxidation sites excluding steroid dienone is 2. The molecule has 0 N–H and O–H groups in total. The number of hydrogen-bond donors (Lipinski definition) is 0. The Bertz CT molecular complexity index is 470. The summed E-state index contributed by atoms with van der Waals surface area (Å²) in [5.74, 6) is 0. The van der Waals surface area contributed by atoms with Gasteiger partial charge in [0.1, 0.15) is 11.7 Å². The van der Waals surface area contributed by atoms with E-state index in [4.69, 9.17) is 4.74 Å². The maximum absolute atomic E-state index is 5.99. The molecule has 2 bridgehead atoms. The summed E-state index contributed by atoms with van der Waals surface area (Å²) in [6.07, 6.45) is 10.2. The highest BCUT2D eigenvalue weighted by Gasteiger charge is 2.44. The molecule has 2 atom stereocenters. The molecule has 74 valence electrons. The lowest BCUT2D eigenvalue weighted by Crippen LogP contribution is -2.16. The average Bonchev–Trinajstić information content (AvgIpc) is 2.84. The van der Waals surface area contributed by atoms with E-state index in [9.17, 15) is 0 Å². The minimum absolute atomic E-state index is 0.135. The predicted octanol–water partition coefficient (Wildman–Crippen LogP) is 3.27. The van der Waals surface area contributed by atoms with Gasteiger partial charge in [0.05, 0.1) is 0 Å². The molecule has 2 aliphatic heterocycles. The van der Waals surface area contributed by atoms with Gasteiger partial charge in [0.15, 0.2) is 0 Å². The first-order valence-electron chi connectivity index (χ1n) is 5.12.